The molecule has 3 rings (SSSR count). The van der Waals surface area contributed by atoms with E-state index in [4.69, 9.17) is 9.47 Å². The van der Waals surface area contributed by atoms with E-state index in [0.717, 1.165) is 23.6 Å². The van der Waals surface area contributed by atoms with Crippen molar-refractivity contribution >= 4 is 17.7 Å². The highest BCUT2D eigenvalue weighted by molar-refractivity contribution is 5.82. The molecule has 0 bridgehead atoms. The SMILES string of the molecule is CCN(CC(=O)N1CC[C@H](NC(=O)OC(C)(C)C)C1)c1ccc(Oc2ccccc2)cc1. The van der Waals surface area contributed by atoms with Crippen LogP contribution in [0.1, 0.15) is 34.1 Å². The average molecular weight is 440 g/mol. The number of hydrogen-bond acceptors (Lipinski definition) is 5. The van der Waals surface area contributed by atoms with Crippen LogP contribution in [0.5, 0.6) is 11.5 Å². The van der Waals surface area contributed by atoms with Crippen LogP contribution in [0.15, 0.2) is 54.6 Å². The van der Waals surface area contributed by atoms with Crippen LogP contribution in [0, 0.1) is 0 Å². The maximum absolute atomic E-state index is 12.9. The Labute approximate surface area is 190 Å². The number of nitrogens with zero attached hydrogens (tertiary/aromatic N) is 2. The molecule has 1 aliphatic heterocycles. The molecule has 0 spiro atoms. The smallest absolute Gasteiger partial charge is 0.407 e. The number of amides is 2. The summed E-state index contributed by atoms with van der Waals surface area (Å²) in [7, 11) is 0. The van der Waals surface area contributed by atoms with Gasteiger partial charge in [-0.05, 0) is 70.5 Å². The van der Waals surface area contributed by atoms with E-state index in [-0.39, 0.29) is 18.5 Å². The fourth-order valence-corrected chi connectivity index (χ4v) is 3.58. The monoisotopic (exact) mass is 439 g/mol. The number of ether oxygens (including phenoxy) is 2. The minimum absolute atomic E-state index is 0.0463. The van der Waals surface area contributed by atoms with Crippen LogP contribution in [0.25, 0.3) is 0 Å². The lowest BCUT2D eigenvalue weighted by Crippen LogP contribution is -2.43. The first-order valence-corrected chi connectivity index (χ1v) is 11.1. The van der Waals surface area contributed by atoms with Gasteiger partial charge in [0.25, 0.3) is 0 Å². The highest BCUT2D eigenvalue weighted by atomic mass is 16.6. The Morgan fingerprint density at radius 3 is 2.34 bits per heavy atom. The summed E-state index contributed by atoms with van der Waals surface area (Å²) < 4.78 is 11.2. The summed E-state index contributed by atoms with van der Waals surface area (Å²) in [5.74, 6) is 1.58. The van der Waals surface area contributed by atoms with Gasteiger partial charge in [0.2, 0.25) is 5.91 Å². The minimum Gasteiger partial charge on any atom is -0.457 e. The van der Waals surface area contributed by atoms with Crippen molar-refractivity contribution in [2.24, 2.45) is 0 Å². The van der Waals surface area contributed by atoms with Crippen molar-refractivity contribution in [1.82, 2.24) is 10.2 Å². The largest absolute Gasteiger partial charge is 0.457 e. The van der Waals surface area contributed by atoms with Gasteiger partial charge in [-0.25, -0.2) is 4.79 Å². The predicted molar refractivity (Wildman–Crippen MR) is 125 cm³/mol. The average Bonchev–Trinajstić information content (AvgIpc) is 3.20. The van der Waals surface area contributed by atoms with E-state index in [0.29, 0.717) is 19.6 Å². The molecule has 0 radical (unpaired) electrons. The normalized spacial score (nSPS) is 15.9. The van der Waals surface area contributed by atoms with Crippen molar-refractivity contribution in [3.63, 3.8) is 0 Å². The molecule has 32 heavy (non-hydrogen) atoms. The standard InChI is InChI=1S/C25H33N3O4/c1-5-27(20-11-13-22(14-12-20)31-21-9-7-6-8-10-21)18-23(29)28-16-15-19(17-28)26-24(30)32-25(2,3)4/h6-14,19H,5,15-18H2,1-4H3,(H,26,30)/t19-/m0/s1. The van der Waals surface area contributed by atoms with Crippen LogP contribution in [0.2, 0.25) is 0 Å². The quantitative estimate of drug-likeness (QED) is 0.691. The van der Waals surface area contributed by atoms with E-state index >= 15 is 0 Å². The molecule has 2 aromatic rings. The number of para-hydroxylation sites is 1. The third kappa shape index (κ3) is 6.90. The summed E-state index contributed by atoms with van der Waals surface area (Å²) >= 11 is 0. The van der Waals surface area contributed by atoms with Gasteiger partial charge in [0.15, 0.2) is 0 Å². The first-order chi connectivity index (χ1) is 15.2. The molecule has 0 aromatic heterocycles. The van der Waals surface area contributed by atoms with Crippen LogP contribution >= 0.6 is 0 Å². The highest BCUT2D eigenvalue weighted by Gasteiger charge is 2.29. The number of benzene rings is 2. The van der Waals surface area contributed by atoms with Gasteiger partial charge in [-0.15, -0.1) is 0 Å². The summed E-state index contributed by atoms with van der Waals surface area (Å²) in [5, 5.41) is 2.86. The van der Waals surface area contributed by atoms with Gasteiger partial charge in [-0.2, -0.15) is 0 Å². The lowest BCUT2D eigenvalue weighted by Gasteiger charge is -2.26. The molecule has 1 heterocycles. The van der Waals surface area contributed by atoms with Crippen molar-refractivity contribution in [1.29, 1.82) is 0 Å². The molecule has 0 aliphatic carbocycles. The van der Waals surface area contributed by atoms with Crippen molar-refractivity contribution in [3.05, 3.63) is 54.6 Å². The second-order valence-corrected chi connectivity index (χ2v) is 8.89. The molecule has 1 fully saturated rings. The highest BCUT2D eigenvalue weighted by Crippen LogP contribution is 2.24. The van der Waals surface area contributed by atoms with Gasteiger partial charge >= 0.3 is 6.09 Å². The number of carbonyl (C=O) groups is 2. The number of nitrogens with one attached hydrogen (secondary N) is 1. The summed E-state index contributed by atoms with van der Waals surface area (Å²) in [5.41, 5.74) is 0.422. The number of carbonyl (C=O) groups excluding carboxylic acids is 2. The Morgan fingerprint density at radius 2 is 1.72 bits per heavy atom. The van der Waals surface area contributed by atoms with Crippen LogP contribution in [-0.4, -0.2) is 54.7 Å². The fourth-order valence-electron chi connectivity index (χ4n) is 3.58. The van der Waals surface area contributed by atoms with Crippen LogP contribution in [0.3, 0.4) is 0 Å². The molecular formula is C25H33N3O4. The van der Waals surface area contributed by atoms with Crippen molar-refractivity contribution in [2.45, 2.75) is 45.8 Å². The zero-order valence-electron chi connectivity index (χ0n) is 19.3. The third-order valence-corrected chi connectivity index (χ3v) is 5.15. The topological polar surface area (TPSA) is 71.1 Å². The molecule has 7 nitrogen and oxygen atoms in total. The van der Waals surface area contributed by atoms with Gasteiger partial charge < -0.3 is 24.6 Å². The molecular weight excluding hydrogens is 406 g/mol. The van der Waals surface area contributed by atoms with Gasteiger partial charge in [-0.1, -0.05) is 18.2 Å². The maximum atomic E-state index is 12.9. The van der Waals surface area contributed by atoms with Crippen molar-refractivity contribution < 1.29 is 19.1 Å². The Hall–Kier alpha value is -3.22. The molecule has 0 unspecified atom stereocenters. The van der Waals surface area contributed by atoms with E-state index in [1.165, 1.54) is 0 Å². The van der Waals surface area contributed by atoms with Gasteiger partial charge in [-0.3, -0.25) is 4.79 Å². The molecule has 2 aromatic carbocycles. The first kappa shape index (κ1) is 23.4. The number of anilines is 1. The summed E-state index contributed by atoms with van der Waals surface area (Å²) in [4.78, 5) is 28.7. The fraction of sp³-hybridized carbons (Fsp3) is 0.440. The molecule has 172 valence electrons. The molecule has 0 saturated carbocycles. The summed E-state index contributed by atoms with van der Waals surface area (Å²) in [6, 6.07) is 17.3. The van der Waals surface area contributed by atoms with E-state index in [2.05, 4.69) is 5.32 Å². The van der Waals surface area contributed by atoms with Crippen molar-refractivity contribution in [3.8, 4) is 11.5 Å². The van der Waals surface area contributed by atoms with E-state index in [9.17, 15) is 9.59 Å². The van der Waals surface area contributed by atoms with E-state index in [1.54, 1.807) is 4.90 Å². The van der Waals surface area contributed by atoms with Crippen LogP contribution < -0.4 is 15.0 Å². The zero-order valence-corrected chi connectivity index (χ0v) is 19.3. The number of likely N-dealkylation sites (N-methyl/N-ethyl adjacent to an activating group) is 1. The third-order valence-electron chi connectivity index (χ3n) is 5.15. The Balaban J connectivity index is 1.52. The van der Waals surface area contributed by atoms with Crippen LogP contribution in [-0.2, 0) is 9.53 Å². The number of likely N-dealkylation sites (tertiary alicyclic amines) is 1. The van der Waals surface area contributed by atoms with Gasteiger partial charge in [0.05, 0.1) is 12.6 Å². The Bertz CT molecular complexity index is 894. The second-order valence-electron chi connectivity index (χ2n) is 8.89. The molecule has 1 aliphatic rings. The van der Waals surface area contributed by atoms with Gasteiger partial charge in [0.1, 0.15) is 17.1 Å². The summed E-state index contributed by atoms with van der Waals surface area (Å²) in [6.45, 7) is 9.63. The number of rotatable bonds is 7. The molecule has 7 heteroatoms. The molecule has 1 atom stereocenters. The van der Waals surface area contributed by atoms with Crippen molar-refractivity contribution in [2.75, 3.05) is 31.1 Å². The first-order valence-electron chi connectivity index (χ1n) is 11.1. The molecule has 1 saturated heterocycles. The zero-order chi connectivity index (χ0) is 23.1. The summed E-state index contributed by atoms with van der Waals surface area (Å²) in [6.07, 6.45) is 0.285. The predicted octanol–water partition coefficient (Wildman–Crippen LogP) is 4.43. The maximum Gasteiger partial charge on any atom is 0.407 e. The lowest BCUT2D eigenvalue weighted by atomic mass is 10.2. The van der Waals surface area contributed by atoms with E-state index in [1.807, 2.05) is 87.2 Å². The van der Waals surface area contributed by atoms with Crippen LogP contribution in [0.4, 0.5) is 10.5 Å². The van der Waals surface area contributed by atoms with E-state index < -0.39 is 11.7 Å². The number of alkyl carbamates (subject to hydrolysis) is 1. The molecule has 2 amide bonds. The lowest BCUT2D eigenvalue weighted by molar-refractivity contribution is -0.128. The number of hydrogen-bond donors (Lipinski definition) is 1. The second kappa shape index (κ2) is 10.4. The minimum atomic E-state index is -0.540. The van der Waals surface area contributed by atoms with Gasteiger partial charge in [0, 0.05) is 25.3 Å². The molecule has 1 N–H and O–H groups in total. The Kier molecular flexibility index (Phi) is 7.62. The Morgan fingerprint density at radius 1 is 1.06 bits per heavy atom.